The van der Waals surface area contributed by atoms with Gasteiger partial charge in [-0.05, 0) is 43.7 Å². The Labute approximate surface area is 145 Å². The molecule has 0 saturated carbocycles. The molecule has 124 valence electrons. The highest BCUT2D eigenvalue weighted by Crippen LogP contribution is 2.18. The summed E-state index contributed by atoms with van der Waals surface area (Å²) >= 11 is 1.56. The van der Waals surface area contributed by atoms with Crippen molar-refractivity contribution >= 4 is 27.5 Å². The fourth-order valence-electron chi connectivity index (χ4n) is 2.51. The second kappa shape index (κ2) is 7.45. The number of nitrogens with zero attached hydrogens (tertiary/aromatic N) is 2. The molecule has 3 aromatic rings. The predicted octanol–water partition coefficient (Wildman–Crippen LogP) is 3.93. The normalized spacial score (nSPS) is 11.8. The number of carbonyl (C=O) groups excluding carboxylic acids is 1. The summed E-state index contributed by atoms with van der Waals surface area (Å²) in [6.07, 6.45) is 0.270. The predicted molar refractivity (Wildman–Crippen MR) is 97.4 cm³/mol. The van der Waals surface area contributed by atoms with Crippen molar-refractivity contribution in [2.45, 2.75) is 26.8 Å². The summed E-state index contributed by atoms with van der Waals surface area (Å²) in [5.74, 6) is 0.614. The summed E-state index contributed by atoms with van der Waals surface area (Å²) in [4.78, 5) is 17.2. The van der Waals surface area contributed by atoms with Gasteiger partial charge < -0.3 is 9.30 Å². The zero-order valence-electron chi connectivity index (χ0n) is 13.9. The maximum Gasteiger partial charge on any atom is 0.251 e. The topological polar surface area (TPSA) is 43.6 Å². The highest BCUT2D eigenvalue weighted by atomic mass is 32.1. The summed E-state index contributed by atoms with van der Waals surface area (Å²) in [5.41, 5.74) is 2.33. The van der Waals surface area contributed by atoms with Gasteiger partial charge in [-0.3, -0.25) is 4.79 Å². The van der Waals surface area contributed by atoms with Crippen LogP contribution in [0.1, 0.15) is 18.9 Å². The summed E-state index contributed by atoms with van der Waals surface area (Å²) in [6.45, 7) is 5.25. The Hall–Kier alpha value is -2.40. The van der Waals surface area contributed by atoms with Crippen molar-refractivity contribution < 1.29 is 9.53 Å². The van der Waals surface area contributed by atoms with E-state index >= 15 is 0 Å². The van der Waals surface area contributed by atoms with Gasteiger partial charge in [0.15, 0.2) is 4.80 Å². The van der Waals surface area contributed by atoms with Gasteiger partial charge in [-0.25, -0.2) is 0 Å². The average Bonchev–Trinajstić information content (AvgIpc) is 2.91. The molecule has 0 aliphatic carbocycles. The van der Waals surface area contributed by atoms with Crippen LogP contribution in [0.25, 0.3) is 10.2 Å². The van der Waals surface area contributed by atoms with Gasteiger partial charge >= 0.3 is 0 Å². The second-order valence-corrected chi connectivity index (χ2v) is 6.53. The Balaban J connectivity index is 1.75. The van der Waals surface area contributed by atoms with Crippen LogP contribution in [0, 0.1) is 6.92 Å². The molecule has 1 aromatic heterocycles. The number of aryl methyl sites for hydroxylation is 2. The van der Waals surface area contributed by atoms with E-state index in [2.05, 4.69) is 41.6 Å². The molecule has 0 N–H and O–H groups in total. The van der Waals surface area contributed by atoms with E-state index in [0.29, 0.717) is 6.61 Å². The van der Waals surface area contributed by atoms with Gasteiger partial charge in [0.2, 0.25) is 0 Å². The standard InChI is InChI=1S/C19H20N2O2S/c1-3-21-16-10-9-14(2)13-17(16)24-19(21)20-18(22)11-12-23-15-7-5-4-6-8-15/h4-10,13H,3,11-12H2,1-2H3. The summed E-state index contributed by atoms with van der Waals surface area (Å²) in [5, 5.41) is 0. The van der Waals surface area contributed by atoms with E-state index in [4.69, 9.17) is 4.74 Å². The van der Waals surface area contributed by atoms with Crippen LogP contribution in [0.2, 0.25) is 0 Å². The maximum atomic E-state index is 12.2. The first-order valence-corrected chi connectivity index (χ1v) is 8.84. The molecule has 0 unspecified atom stereocenters. The van der Waals surface area contributed by atoms with Crippen molar-refractivity contribution in [2.75, 3.05) is 6.61 Å². The lowest BCUT2D eigenvalue weighted by atomic mass is 10.2. The molecule has 0 radical (unpaired) electrons. The number of ether oxygens (including phenoxy) is 1. The molecule has 2 aromatic carbocycles. The van der Waals surface area contributed by atoms with E-state index in [1.807, 2.05) is 30.3 Å². The molecular formula is C19H20N2O2S. The number of hydrogen-bond donors (Lipinski definition) is 0. The number of fused-ring (bicyclic) bond motifs is 1. The Bertz CT molecular complexity index is 910. The number of hydrogen-bond acceptors (Lipinski definition) is 3. The van der Waals surface area contributed by atoms with Crippen LogP contribution in [0.3, 0.4) is 0 Å². The highest BCUT2D eigenvalue weighted by molar-refractivity contribution is 7.16. The number of aromatic nitrogens is 1. The van der Waals surface area contributed by atoms with Crippen LogP contribution in [0.4, 0.5) is 0 Å². The number of para-hydroxylation sites is 1. The molecule has 0 atom stereocenters. The van der Waals surface area contributed by atoms with Gasteiger partial charge in [-0.15, -0.1) is 0 Å². The monoisotopic (exact) mass is 340 g/mol. The third-order valence-corrected chi connectivity index (χ3v) is 4.74. The number of rotatable bonds is 5. The van der Waals surface area contributed by atoms with Crippen LogP contribution in [0.15, 0.2) is 53.5 Å². The largest absolute Gasteiger partial charge is 0.493 e. The van der Waals surface area contributed by atoms with E-state index < -0.39 is 0 Å². The third kappa shape index (κ3) is 3.74. The Morgan fingerprint density at radius 2 is 2.00 bits per heavy atom. The SMILES string of the molecule is CCn1c(=NC(=O)CCOc2ccccc2)sc2cc(C)ccc21. The molecule has 0 aliphatic rings. The van der Waals surface area contributed by atoms with Crippen molar-refractivity contribution in [1.82, 2.24) is 4.57 Å². The average molecular weight is 340 g/mol. The highest BCUT2D eigenvalue weighted by Gasteiger charge is 2.07. The van der Waals surface area contributed by atoms with Gasteiger partial charge in [0, 0.05) is 6.54 Å². The minimum Gasteiger partial charge on any atom is -0.493 e. The van der Waals surface area contributed by atoms with Crippen LogP contribution in [0.5, 0.6) is 5.75 Å². The van der Waals surface area contributed by atoms with E-state index in [-0.39, 0.29) is 12.3 Å². The van der Waals surface area contributed by atoms with Gasteiger partial charge in [0.1, 0.15) is 5.75 Å². The van der Waals surface area contributed by atoms with Gasteiger partial charge in [0.25, 0.3) is 5.91 Å². The van der Waals surface area contributed by atoms with Gasteiger partial charge in [-0.1, -0.05) is 35.6 Å². The lowest BCUT2D eigenvalue weighted by Crippen LogP contribution is -2.16. The summed E-state index contributed by atoms with van der Waals surface area (Å²) < 4.78 is 8.80. The zero-order chi connectivity index (χ0) is 16.9. The fraction of sp³-hybridized carbons (Fsp3) is 0.263. The van der Waals surface area contributed by atoms with E-state index in [9.17, 15) is 4.79 Å². The van der Waals surface area contributed by atoms with Crippen molar-refractivity contribution in [2.24, 2.45) is 4.99 Å². The van der Waals surface area contributed by atoms with Crippen molar-refractivity contribution in [3.63, 3.8) is 0 Å². The number of carbonyl (C=O) groups is 1. The van der Waals surface area contributed by atoms with Crippen molar-refractivity contribution in [1.29, 1.82) is 0 Å². The molecule has 4 nitrogen and oxygen atoms in total. The molecule has 1 amide bonds. The Kier molecular flexibility index (Phi) is 5.11. The minimum absolute atomic E-state index is 0.156. The number of amides is 1. The molecule has 0 saturated heterocycles. The van der Waals surface area contributed by atoms with Crippen molar-refractivity contribution in [3.05, 3.63) is 58.9 Å². The Morgan fingerprint density at radius 1 is 1.21 bits per heavy atom. The zero-order valence-corrected chi connectivity index (χ0v) is 14.7. The molecule has 1 heterocycles. The number of thiazole rings is 1. The molecule has 24 heavy (non-hydrogen) atoms. The second-order valence-electron chi connectivity index (χ2n) is 5.52. The van der Waals surface area contributed by atoms with E-state index in [1.54, 1.807) is 11.3 Å². The van der Waals surface area contributed by atoms with Crippen LogP contribution in [-0.4, -0.2) is 17.1 Å². The molecule has 0 fully saturated rings. The van der Waals surface area contributed by atoms with Crippen molar-refractivity contribution in [3.8, 4) is 5.75 Å². The molecule has 3 rings (SSSR count). The minimum atomic E-state index is -0.156. The number of benzene rings is 2. The lowest BCUT2D eigenvalue weighted by molar-refractivity contribution is -0.118. The van der Waals surface area contributed by atoms with E-state index in [0.717, 1.165) is 27.3 Å². The maximum absolute atomic E-state index is 12.2. The quantitative estimate of drug-likeness (QED) is 0.706. The van der Waals surface area contributed by atoms with E-state index in [1.165, 1.54) is 5.56 Å². The van der Waals surface area contributed by atoms with Gasteiger partial charge in [-0.2, -0.15) is 4.99 Å². The molecule has 0 aliphatic heterocycles. The molecule has 0 bridgehead atoms. The lowest BCUT2D eigenvalue weighted by Gasteiger charge is -2.03. The molecule has 0 spiro atoms. The van der Waals surface area contributed by atoms with Crippen LogP contribution >= 0.6 is 11.3 Å². The smallest absolute Gasteiger partial charge is 0.251 e. The summed E-state index contributed by atoms with van der Waals surface area (Å²) in [7, 11) is 0. The first-order chi connectivity index (χ1) is 11.7. The van der Waals surface area contributed by atoms with Crippen LogP contribution in [-0.2, 0) is 11.3 Å². The summed E-state index contributed by atoms with van der Waals surface area (Å²) in [6, 6.07) is 15.8. The first-order valence-electron chi connectivity index (χ1n) is 8.03. The third-order valence-electron chi connectivity index (χ3n) is 3.70. The van der Waals surface area contributed by atoms with Crippen LogP contribution < -0.4 is 9.54 Å². The molecular weight excluding hydrogens is 320 g/mol. The first kappa shape index (κ1) is 16.5. The Morgan fingerprint density at radius 3 is 2.75 bits per heavy atom. The van der Waals surface area contributed by atoms with Gasteiger partial charge in [0.05, 0.1) is 23.2 Å². The fourth-order valence-corrected chi connectivity index (χ4v) is 3.72. The molecule has 5 heteroatoms.